The van der Waals surface area contributed by atoms with Crippen molar-refractivity contribution < 1.29 is 14.3 Å². The molecule has 1 aliphatic rings. The molecule has 1 aromatic heterocycles. The molecule has 0 spiro atoms. The fraction of sp³-hybridized carbons (Fsp3) is 0.143. The highest BCUT2D eigenvalue weighted by molar-refractivity contribution is 6.03. The zero-order valence-electron chi connectivity index (χ0n) is 11.1. The molecule has 7 heteroatoms. The third kappa shape index (κ3) is 2.87. The zero-order valence-corrected chi connectivity index (χ0v) is 11.1. The summed E-state index contributed by atoms with van der Waals surface area (Å²) in [4.78, 5) is 16.2. The maximum atomic E-state index is 12.1. The number of nitrogens with zero attached hydrogens (tertiary/aromatic N) is 1. The number of carbonyl (C=O) groups is 1. The quantitative estimate of drug-likeness (QED) is 0.582. The van der Waals surface area contributed by atoms with Gasteiger partial charge in [0, 0.05) is 11.8 Å². The number of nitrogens with two attached hydrogens (primary N) is 1. The lowest BCUT2D eigenvalue weighted by molar-refractivity contribution is 0.102. The molecule has 108 valence electrons. The Kier molecular flexibility index (Phi) is 3.57. The first-order valence-electron chi connectivity index (χ1n) is 6.41. The molecule has 2 aromatic rings. The lowest BCUT2D eigenvalue weighted by atomic mass is 10.2. The van der Waals surface area contributed by atoms with Crippen LogP contribution in [0.25, 0.3) is 0 Å². The minimum Gasteiger partial charge on any atom is -0.486 e. The predicted molar refractivity (Wildman–Crippen MR) is 77.4 cm³/mol. The molecule has 1 aliphatic heterocycles. The number of ether oxygens (including phenoxy) is 2. The van der Waals surface area contributed by atoms with Crippen LogP contribution in [-0.2, 0) is 0 Å². The Morgan fingerprint density at radius 3 is 2.76 bits per heavy atom. The number of pyridine rings is 1. The monoisotopic (exact) mass is 286 g/mol. The average molecular weight is 286 g/mol. The zero-order chi connectivity index (χ0) is 14.7. The molecule has 0 aliphatic carbocycles. The summed E-state index contributed by atoms with van der Waals surface area (Å²) in [5.74, 6) is 6.65. The Balaban J connectivity index is 1.78. The fourth-order valence-electron chi connectivity index (χ4n) is 1.96. The van der Waals surface area contributed by atoms with Gasteiger partial charge in [0.25, 0.3) is 5.91 Å². The van der Waals surface area contributed by atoms with Crippen LogP contribution >= 0.6 is 0 Å². The second kappa shape index (κ2) is 5.68. The van der Waals surface area contributed by atoms with Crippen LogP contribution in [0.3, 0.4) is 0 Å². The third-order valence-corrected chi connectivity index (χ3v) is 2.93. The largest absolute Gasteiger partial charge is 0.486 e. The molecular weight excluding hydrogens is 272 g/mol. The number of carbonyl (C=O) groups excluding carboxylic acids is 1. The first kappa shape index (κ1) is 13.2. The van der Waals surface area contributed by atoms with E-state index in [1.54, 1.807) is 36.4 Å². The van der Waals surface area contributed by atoms with Crippen molar-refractivity contribution in [3.8, 4) is 11.5 Å². The maximum absolute atomic E-state index is 12.1. The van der Waals surface area contributed by atoms with Crippen LogP contribution in [0, 0.1) is 0 Å². The highest BCUT2D eigenvalue weighted by Crippen LogP contribution is 2.32. The SMILES string of the molecule is NNc1cccc(C(=O)Nc2ccc3c(c2)OCCO3)n1. The summed E-state index contributed by atoms with van der Waals surface area (Å²) < 4.78 is 10.9. The number of benzene rings is 1. The van der Waals surface area contributed by atoms with Crippen molar-refractivity contribution in [1.82, 2.24) is 4.98 Å². The van der Waals surface area contributed by atoms with Crippen LogP contribution in [-0.4, -0.2) is 24.1 Å². The van der Waals surface area contributed by atoms with Crippen LogP contribution in [0.15, 0.2) is 36.4 Å². The van der Waals surface area contributed by atoms with Gasteiger partial charge in [-0.3, -0.25) is 4.79 Å². The van der Waals surface area contributed by atoms with Gasteiger partial charge in [0.05, 0.1) is 0 Å². The number of hydrazine groups is 1. The lowest BCUT2D eigenvalue weighted by Gasteiger charge is -2.19. The molecule has 7 nitrogen and oxygen atoms in total. The van der Waals surface area contributed by atoms with Gasteiger partial charge < -0.3 is 20.2 Å². The number of rotatable bonds is 3. The number of fused-ring (bicyclic) bond motifs is 1. The van der Waals surface area contributed by atoms with Crippen molar-refractivity contribution in [2.45, 2.75) is 0 Å². The molecule has 0 saturated carbocycles. The fourth-order valence-corrected chi connectivity index (χ4v) is 1.96. The molecule has 0 bridgehead atoms. The Morgan fingerprint density at radius 1 is 1.14 bits per heavy atom. The number of nitrogens with one attached hydrogen (secondary N) is 2. The van der Waals surface area contributed by atoms with Gasteiger partial charge in [-0.25, -0.2) is 10.8 Å². The summed E-state index contributed by atoms with van der Waals surface area (Å²) in [5, 5.41) is 2.75. The number of anilines is 2. The summed E-state index contributed by atoms with van der Waals surface area (Å²) in [6.07, 6.45) is 0. The highest BCUT2D eigenvalue weighted by Gasteiger charge is 2.14. The summed E-state index contributed by atoms with van der Waals surface area (Å²) >= 11 is 0. The molecule has 0 radical (unpaired) electrons. The maximum Gasteiger partial charge on any atom is 0.274 e. The number of amides is 1. The topological polar surface area (TPSA) is 98.5 Å². The van der Waals surface area contributed by atoms with E-state index in [4.69, 9.17) is 15.3 Å². The van der Waals surface area contributed by atoms with Crippen molar-refractivity contribution in [1.29, 1.82) is 0 Å². The van der Waals surface area contributed by atoms with E-state index >= 15 is 0 Å². The van der Waals surface area contributed by atoms with Gasteiger partial charge in [0.1, 0.15) is 24.7 Å². The molecule has 21 heavy (non-hydrogen) atoms. The summed E-state index contributed by atoms with van der Waals surface area (Å²) in [5.41, 5.74) is 3.27. The normalized spacial score (nSPS) is 12.6. The van der Waals surface area contributed by atoms with Crippen LogP contribution in [0.4, 0.5) is 11.5 Å². The van der Waals surface area contributed by atoms with Gasteiger partial charge in [-0.2, -0.15) is 0 Å². The molecule has 1 amide bonds. The van der Waals surface area contributed by atoms with Crippen molar-refractivity contribution in [3.05, 3.63) is 42.1 Å². The Bertz CT molecular complexity index is 675. The minimum atomic E-state index is -0.330. The van der Waals surface area contributed by atoms with Gasteiger partial charge in [0.15, 0.2) is 11.5 Å². The van der Waals surface area contributed by atoms with Gasteiger partial charge in [-0.15, -0.1) is 0 Å². The first-order valence-corrected chi connectivity index (χ1v) is 6.41. The Hall–Kier alpha value is -2.80. The number of nitrogen functional groups attached to an aromatic ring is 1. The number of hydrogen-bond donors (Lipinski definition) is 3. The van der Waals surface area contributed by atoms with Gasteiger partial charge in [-0.1, -0.05) is 6.07 Å². The van der Waals surface area contributed by atoms with E-state index < -0.39 is 0 Å². The average Bonchev–Trinajstić information content (AvgIpc) is 2.54. The third-order valence-electron chi connectivity index (χ3n) is 2.93. The second-order valence-corrected chi connectivity index (χ2v) is 4.36. The van der Waals surface area contributed by atoms with Crippen LogP contribution < -0.4 is 26.1 Å². The van der Waals surface area contributed by atoms with E-state index in [0.29, 0.717) is 36.2 Å². The van der Waals surface area contributed by atoms with Crippen molar-refractivity contribution in [3.63, 3.8) is 0 Å². The smallest absolute Gasteiger partial charge is 0.274 e. The first-order chi connectivity index (χ1) is 10.3. The minimum absolute atomic E-state index is 0.264. The summed E-state index contributed by atoms with van der Waals surface area (Å²) in [6.45, 7) is 1.03. The molecule has 0 atom stereocenters. The van der Waals surface area contributed by atoms with Crippen LogP contribution in [0.1, 0.15) is 10.5 Å². The van der Waals surface area contributed by atoms with Crippen LogP contribution in [0.5, 0.6) is 11.5 Å². The molecule has 1 aromatic carbocycles. The van der Waals surface area contributed by atoms with Crippen molar-refractivity contribution in [2.75, 3.05) is 24.0 Å². The predicted octanol–water partition coefficient (Wildman–Crippen LogP) is 1.39. The van der Waals surface area contributed by atoms with E-state index in [-0.39, 0.29) is 11.6 Å². The Labute approximate surface area is 121 Å². The summed E-state index contributed by atoms with van der Waals surface area (Å²) in [6, 6.07) is 10.2. The molecule has 0 unspecified atom stereocenters. The van der Waals surface area contributed by atoms with E-state index in [1.165, 1.54) is 0 Å². The van der Waals surface area contributed by atoms with E-state index in [9.17, 15) is 4.79 Å². The number of hydrogen-bond acceptors (Lipinski definition) is 6. The van der Waals surface area contributed by atoms with E-state index in [0.717, 1.165) is 0 Å². The standard InChI is InChI=1S/C14H14N4O3/c15-18-13-3-1-2-10(17-13)14(19)16-9-4-5-11-12(8-9)21-7-6-20-11/h1-5,8H,6-7,15H2,(H,16,19)(H,17,18). The van der Waals surface area contributed by atoms with Gasteiger partial charge in [0.2, 0.25) is 0 Å². The molecule has 3 rings (SSSR count). The molecule has 2 heterocycles. The van der Waals surface area contributed by atoms with E-state index in [2.05, 4.69) is 15.7 Å². The van der Waals surface area contributed by atoms with Crippen molar-refractivity contribution in [2.24, 2.45) is 5.84 Å². The second-order valence-electron chi connectivity index (χ2n) is 4.36. The highest BCUT2D eigenvalue weighted by atomic mass is 16.6. The summed E-state index contributed by atoms with van der Waals surface area (Å²) in [7, 11) is 0. The molecule has 0 saturated heterocycles. The van der Waals surface area contributed by atoms with Crippen molar-refractivity contribution >= 4 is 17.4 Å². The van der Waals surface area contributed by atoms with E-state index in [1.807, 2.05) is 0 Å². The van der Waals surface area contributed by atoms with Crippen LogP contribution in [0.2, 0.25) is 0 Å². The Morgan fingerprint density at radius 2 is 1.95 bits per heavy atom. The van der Waals surface area contributed by atoms with Gasteiger partial charge >= 0.3 is 0 Å². The van der Waals surface area contributed by atoms with Gasteiger partial charge in [-0.05, 0) is 24.3 Å². The number of aromatic nitrogens is 1. The lowest BCUT2D eigenvalue weighted by Crippen LogP contribution is -2.17. The molecular formula is C14H14N4O3. The molecule has 0 fully saturated rings. The molecule has 4 N–H and O–H groups in total.